The maximum absolute atomic E-state index is 12.6. The van der Waals surface area contributed by atoms with E-state index in [9.17, 15) is 14.9 Å². The smallest absolute Gasteiger partial charge is 0.312 e. The second-order valence-corrected chi connectivity index (χ2v) is 7.86. The zero-order chi connectivity index (χ0) is 23.5. The molecule has 0 fully saturated rings. The summed E-state index contributed by atoms with van der Waals surface area (Å²) in [6, 6.07) is 19.1. The van der Waals surface area contributed by atoms with E-state index in [1.807, 2.05) is 48.5 Å². The van der Waals surface area contributed by atoms with E-state index >= 15 is 0 Å². The van der Waals surface area contributed by atoms with Crippen molar-refractivity contribution in [3.8, 4) is 5.75 Å². The summed E-state index contributed by atoms with van der Waals surface area (Å²) in [4.78, 5) is 23.4. The topological polar surface area (TPSA) is 99.3 Å². The maximum atomic E-state index is 12.6. The summed E-state index contributed by atoms with van der Waals surface area (Å²) >= 11 is 0. The van der Waals surface area contributed by atoms with Gasteiger partial charge in [-0.15, -0.1) is 0 Å². The molecular formula is C25H24N4O4. The Balaban J connectivity index is 1.40. The van der Waals surface area contributed by atoms with E-state index in [-0.39, 0.29) is 11.6 Å². The van der Waals surface area contributed by atoms with E-state index in [2.05, 4.69) is 10.4 Å². The fraction of sp³-hybridized carbons (Fsp3) is 0.200. The largest absolute Gasteiger partial charge is 0.497 e. The molecular weight excluding hydrogens is 420 g/mol. The zero-order valence-corrected chi connectivity index (χ0v) is 18.7. The van der Waals surface area contributed by atoms with E-state index in [0.717, 1.165) is 27.6 Å². The molecule has 1 N–H and O–H groups in total. The summed E-state index contributed by atoms with van der Waals surface area (Å²) in [5.74, 6) is 0.640. The molecule has 3 aromatic carbocycles. The highest BCUT2D eigenvalue weighted by Gasteiger charge is 2.21. The van der Waals surface area contributed by atoms with E-state index in [0.29, 0.717) is 30.0 Å². The van der Waals surface area contributed by atoms with Crippen LogP contribution < -0.4 is 10.1 Å². The van der Waals surface area contributed by atoms with Crippen molar-refractivity contribution in [2.24, 2.45) is 0 Å². The van der Waals surface area contributed by atoms with Crippen LogP contribution in [0.25, 0.3) is 10.8 Å². The van der Waals surface area contributed by atoms with Crippen LogP contribution in [0, 0.1) is 24.0 Å². The fourth-order valence-electron chi connectivity index (χ4n) is 3.83. The molecule has 0 radical (unpaired) electrons. The number of aryl methyl sites for hydroxylation is 1. The molecule has 1 aromatic heterocycles. The van der Waals surface area contributed by atoms with Crippen molar-refractivity contribution in [2.45, 2.75) is 26.9 Å². The highest BCUT2D eigenvalue weighted by Crippen LogP contribution is 2.23. The second kappa shape index (κ2) is 9.12. The number of rotatable bonds is 7. The van der Waals surface area contributed by atoms with Crippen LogP contribution in [-0.4, -0.2) is 27.7 Å². The van der Waals surface area contributed by atoms with Gasteiger partial charge in [-0.1, -0.05) is 30.3 Å². The predicted molar refractivity (Wildman–Crippen MR) is 126 cm³/mol. The number of hydrogen-bond acceptors (Lipinski definition) is 5. The van der Waals surface area contributed by atoms with E-state index in [4.69, 9.17) is 4.74 Å². The molecule has 1 heterocycles. The molecule has 1 amide bonds. The number of ether oxygens (including phenoxy) is 1. The Morgan fingerprint density at radius 2 is 1.70 bits per heavy atom. The Hall–Kier alpha value is -4.20. The molecule has 8 nitrogen and oxygen atoms in total. The lowest BCUT2D eigenvalue weighted by molar-refractivity contribution is -0.386. The molecule has 168 valence electrons. The van der Waals surface area contributed by atoms with Crippen LogP contribution in [0.5, 0.6) is 5.75 Å². The number of hydrogen-bond donors (Lipinski definition) is 1. The SMILES string of the molecule is COc1ccc2cc(CNC(=O)c3ccc(Cn4nc(C)c([N+](=O)[O-])c4C)cc3)ccc2c1. The Morgan fingerprint density at radius 3 is 2.36 bits per heavy atom. The van der Waals surface area contributed by atoms with Crippen LogP contribution in [0.2, 0.25) is 0 Å². The normalized spacial score (nSPS) is 10.9. The van der Waals surface area contributed by atoms with Gasteiger partial charge in [-0.05, 0) is 66.1 Å². The molecule has 0 aliphatic rings. The van der Waals surface area contributed by atoms with Crippen LogP contribution in [0.3, 0.4) is 0 Å². The highest BCUT2D eigenvalue weighted by atomic mass is 16.6. The molecule has 4 rings (SSSR count). The number of benzene rings is 3. The lowest BCUT2D eigenvalue weighted by Gasteiger charge is -2.09. The van der Waals surface area contributed by atoms with Gasteiger partial charge in [0, 0.05) is 12.1 Å². The first kappa shape index (κ1) is 22.0. The minimum atomic E-state index is -0.409. The molecule has 0 saturated heterocycles. The molecule has 0 atom stereocenters. The third kappa shape index (κ3) is 4.69. The van der Waals surface area contributed by atoms with Crippen LogP contribution in [0.15, 0.2) is 60.7 Å². The van der Waals surface area contributed by atoms with Crippen molar-refractivity contribution in [3.05, 3.63) is 98.9 Å². The lowest BCUT2D eigenvalue weighted by Crippen LogP contribution is -2.22. The number of fused-ring (bicyclic) bond motifs is 1. The van der Waals surface area contributed by atoms with Crippen molar-refractivity contribution < 1.29 is 14.5 Å². The number of nitro groups is 1. The summed E-state index contributed by atoms with van der Waals surface area (Å²) in [5, 5.41) is 20.6. The average molecular weight is 444 g/mol. The molecule has 0 aliphatic carbocycles. The van der Waals surface area contributed by atoms with Gasteiger partial charge in [0.25, 0.3) is 5.91 Å². The van der Waals surface area contributed by atoms with Gasteiger partial charge in [-0.3, -0.25) is 19.6 Å². The first-order chi connectivity index (χ1) is 15.9. The first-order valence-corrected chi connectivity index (χ1v) is 10.5. The number of carbonyl (C=O) groups is 1. The number of methoxy groups -OCH3 is 1. The molecule has 8 heteroatoms. The number of carbonyl (C=O) groups excluding carboxylic acids is 1. The van der Waals surface area contributed by atoms with Crippen LogP contribution in [0.1, 0.15) is 32.9 Å². The summed E-state index contributed by atoms with van der Waals surface area (Å²) in [7, 11) is 1.64. The van der Waals surface area contributed by atoms with Crippen molar-refractivity contribution in [3.63, 3.8) is 0 Å². The molecule has 0 bridgehead atoms. The lowest BCUT2D eigenvalue weighted by atomic mass is 10.1. The number of amides is 1. The van der Waals surface area contributed by atoms with E-state index < -0.39 is 4.92 Å². The molecule has 0 aliphatic heterocycles. The van der Waals surface area contributed by atoms with Crippen molar-refractivity contribution >= 4 is 22.4 Å². The van der Waals surface area contributed by atoms with Crippen LogP contribution in [-0.2, 0) is 13.1 Å². The summed E-state index contributed by atoms with van der Waals surface area (Å²) in [6.07, 6.45) is 0. The van der Waals surface area contributed by atoms with E-state index in [1.165, 1.54) is 0 Å². The highest BCUT2D eigenvalue weighted by molar-refractivity contribution is 5.94. The third-order valence-electron chi connectivity index (χ3n) is 5.64. The van der Waals surface area contributed by atoms with Crippen LogP contribution in [0.4, 0.5) is 5.69 Å². The Bertz CT molecular complexity index is 1340. The molecule has 0 saturated carbocycles. The van der Waals surface area contributed by atoms with Crippen molar-refractivity contribution in [2.75, 3.05) is 7.11 Å². The maximum Gasteiger partial charge on any atom is 0.312 e. The van der Waals surface area contributed by atoms with Crippen molar-refractivity contribution in [1.29, 1.82) is 0 Å². The average Bonchev–Trinajstić information content (AvgIpc) is 3.10. The summed E-state index contributed by atoms with van der Waals surface area (Å²) in [6.45, 7) is 4.12. The fourth-order valence-corrected chi connectivity index (χ4v) is 3.83. The molecule has 0 spiro atoms. The minimum Gasteiger partial charge on any atom is -0.497 e. The second-order valence-electron chi connectivity index (χ2n) is 7.86. The Morgan fingerprint density at radius 1 is 1.03 bits per heavy atom. The quantitative estimate of drug-likeness (QED) is 0.333. The van der Waals surface area contributed by atoms with Gasteiger partial charge >= 0.3 is 5.69 Å². The van der Waals surface area contributed by atoms with Crippen molar-refractivity contribution in [1.82, 2.24) is 15.1 Å². The molecule has 33 heavy (non-hydrogen) atoms. The number of nitrogens with one attached hydrogen (secondary N) is 1. The van der Waals surface area contributed by atoms with Gasteiger partial charge < -0.3 is 10.1 Å². The molecule has 0 unspecified atom stereocenters. The standard InChI is InChI=1S/C25H24N4O4/c1-16-24(29(31)32)17(2)28(27-16)15-18-4-7-20(8-5-18)25(30)26-14-19-6-9-22-13-23(33-3)11-10-21(22)12-19/h4-13H,14-15H2,1-3H3,(H,26,30). The van der Waals surface area contributed by atoms with Gasteiger partial charge in [0.15, 0.2) is 0 Å². The van der Waals surface area contributed by atoms with Crippen LogP contribution >= 0.6 is 0 Å². The van der Waals surface area contributed by atoms with E-state index in [1.54, 1.807) is 37.8 Å². The number of aromatic nitrogens is 2. The minimum absolute atomic E-state index is 0.0406. The third-order valence-corrected chi connectivity index (χ3v) is 5.64. The Kier molecular flexibility index (Phi) is 6.08. The van der Waals surface area contributed by atoms with Gasteiger partial charge in [-0.25, -0.2) is 0 Å². The predicted octanol–water partition coefficient (Wildman–Crippen LogP) is 4.55. The molecule has 4 aromatic rings. The van der Waals surface area contributed by atoms with Gasteiger partial charge in [0.05, 0.1) is 18.6 Å². The van der Waals surface area contributed by atoms with Gasteiger partial charge in [0.1, 0.15) is 17.1 Å². The zero-order valence-electron chi connectivity index (χ0n) is 18.7. The summed E-state index contributed by atoms with van der Waals surface area (Å²) < 4.78 is 6.86. The Labute approximate surface area is 191 Å². The monoisotopic (exact) mass is 444 g/mol. The first-order valence-electron chi connectivity index (χ1n) is 10.5. The van der Waals surface area contributed by atoms with Gasteiger partial charge in [-0.2, -0.15) is 5.10 Å². The summed E-state index contributed by atoms with van der Waals surface area (Å²) in [5.41, 5.74) is 3.39. The number of nitrogens with zero attached hydrogens (tertiary/aromatic N) is 3. The van der Waals surface area contributed by atoms with Gasteiger partial charge in [0.2, 0.25) is 0 Å².